The van der Waals surface area contributed by atoms with E-state index >= 15 is 0 Å². The molecule has 0 unspecified atom stereocenters. The van der Waals surface area contributed by atoms with Gasteiger partial charge in [0, 0.05) is 17.6 Å². The quantitative estimate of drug-likeness (QED) is 0.654. The molecule has 6 nitrogen and oxygen atoms in total. The molecule has 0 radical (unpaired) electrons. The van der Waals surface area contributed by atoms with E-state index in [1.165, 1.54) is 16.2 Å². The van der Waals surface area contributed by atoms with E-state index in [2.05, 4.69) is 5.32 Å². The number of nitrogens with zero attached hydrogens (tertiary/aromatic N) is 1. The van der Waals surface area contributed by atoms with Crippen molar-refractivity contribution in [3.8, 4) is 0 Å². The molecule has 29 heavy (non-hydrogen) atoms. The summed E-state index contributed by atoms with van der Waals surface area (Å²) in [5.74, 6) is -1.12. The number of thiophene rings is 1. The van der Waals surface area contributed by atoms with Crippen LogP contribution in [-0.2, 0) is 14.3 Å². The first kappa shape index (κ1) is 19.1. The molecule has 1 saturated heterocycles. The lowest BCUT2D eigenvalue weighted by Crippen LogP contribution is -2.41. The molecule has 3 aromatic rings. The van der Waals surface area contributed by atoms with Gasteiger partial charge in [0.25, 0.3) is 11.8 Å². The van der Waals surface area contributed by atoms with Gasteiger partial charge >= 0.3 is 5.97 Å². The minimum Gasteiger partial charge on any atom is -0.454 e. The molecule has 0 aliphatic carbocycles. The van der Waals surface area contributed by atoms with Gasteiger partial charge in [0.15, 0.2) is 6.61 Å². The summed E-state index contributed by atoms with van der Waals surface area (Å²) < 4.78 is 5.23. The second kappa shape index (κ2) is 8.45. The number of esters is 1. The lowest BCUT2D eigenvalue weighted by atomic mass is 10.1. The maximum Gasteiger partial charge on any atom is 0.329 e. The molecule has 2 aromatic carbocycles. The van der Waals surface area contributed by atoms with E-state index in [-0.39, 0.29) is 12.5 Å². The third-order valence-electron chi connectivity index (χ3n) is 4.93. The molecular weight excluding hydrogens is 388 g/mol. The van der Waals surface area contributed by atoms with Gasteiger partial charge in [0.2, 0.25) is 0 Å². The van der Waals surface area contributed by atoms with Gasteiger partial charge < -0.3 is 15.0 Å². The number of anilines is 1. The van der Waals surface area contributed by atoms with E-state index in [9.17, 15) is 14.4 Å². The Morgan fingerprint density at radius 3 is 2.72 bits per heavy atom. The fourth-order valence-electron chi connectivity index (χ4n) is 3.55. The minimum atomic E-state index is -0.644. The largest absolute Gasteiger partial charge is 0.454 e. The Kier molecular flexibility index (Phi) is 5.57. The normalized spacial score (nSPS) is 16.0. The highest BCUT2D eigenvalue weighted by Gasteiger charge is 2.36. The van der Waals surface area contributed by atoms with Gasteiger partial charge in [0.1, 0.15) is 6.04 Å². The molecule has 1 N–H and O–H groups in total. The molecule has 1 aromatic heterocycles. The van der Waals surface area contributed by atoms with Crippen molar-refractivity contribution in [2.75, 3.05) is 18.5 Å². The van der Waals surface area contributed by atoms with Gasteiger partial charge in [0.05, 0.1) is 4.88 Å². The monoisotopic (exact) mass is 408 g/mol. The van der Waals surface area contributed by atoms with Crippen LogP contribution in [0.15, 0.2) is 60.0 Å². The van der Waals surface area contributed by atoms with Crippen molar-refractivity contribution in [3.63, 3.8) is 0 Å². The number of likely N-dealkylation sites (tertiary alicyclic amines) is 1. The van der Waals surface area contributed by atoms with Crippen LogP contribution in [0.5, 0.6) is 0 Å². The third-order valence-corrected chi connectivity index (χ3v) is 5.78. The van der Waals surface area contributed by atoms with E-state index < -0.39 is 17.9 Å². The van der Waals surface area contributed by atoms with E-state index in [0.717, 1.165) is 17.2 Å². The summed E-state index contributed by atoms with van der Waals surface area (Å²) in [6.07, 6.45) is 1.28. The Morgan fingerprint density at radius 1 is 1.07 bits per heavy atom. The molecule has 1 atom stereocenters. The number of carbonyl (C=O) groups is 3. The highest BCUT2D eigenvalue weighted by atomic mass is 32.1. The minimum absolute atomic E-state index is 0.167. The van der Waals surface area contributed by atoms with Crippen molar-refractivity contribution in [3.05, 3.63) is 64.9 Å². The highest BCUT2D eigenvalue weighted by molar-refractivity contribution is 7.12. The summed E-state index contributed by atoms with van der Waals surface area (Å²) in [5, 5.41) is 6.54. The topological polar surface area (TPSA) is 75.7 Å². The Balaban J connectivity index is 1.36. The van der Waals surface area contributed by atoms with E-state index in [1.807, 2.05) is 41.8 Å². The molecule has 1 aliphatic heterocycles. The van der Waals surface area contributed by atoms with Gasteiger partial charge in [-0.1, -0.05) is 42.5 Å². The summed E-state index contributed by atoms with van der Waals surface area (Å²) in [4.78, 5) is 39.5. The number of ether oxygens (including phenoxy) is 1. The van der Waals surface area contributed by atoms with Crippen LogP contribution in [0, 0.1) is 0 Å². The number of hydrogen-bond acceptors (Lipinski definition) is 5. The molecule has 4 rings (SSSR count). The van der Waals surface area contributed by atoms with E-state index in [4.69, 9.17) is 4.74 Å². The SMILES string of the molecule is O=C(COC(=O)[C@@H]1CCCN1C(=O)c1cccs1)Nc1cccc2ccccc12. The summed E-state index contributed by atoms with van der Waals surface area (Å²) in [5.41, 5.74) is 0.666. The van der Waals surface area contributed by atoms with Crippen molar-refractivity contribution in [2.24, 2.45) is 0 Å². The molecular formula is C22H20N2O4S. The number of carbonyl (C=O) groups excluding carboxylic acids is 3. The lowest BCUT2D eigenvalue weighted by molar-refractivity contribution is -0.151. The molecule has 148 valence electrons. The van der Waals surface area contributed by atoms with E-state index in [0.29, 0.717) is 23.5 Å². The second-order valence-electron chi connectivity index (χ2n) is 6.82. The number of fused-ring (bicyclic) bond motifs is 1. The van der Waals surface area contributed by atoms with E-state index in [1.54, 1.807) is 18.2 Å². The molecule has 1 fully saturated rings. The number of hydrogen-bond donors (Lipinski definition) is 1. The van der Waals surface area contributed by atoms with Gasteiger partial charge in [-0.3, -0.25) is 9.59 Å². The fourth-order valence-corrected chi connectivity index (χ4v) is 4.23. The van der Waals surface area contributed by atoms with Crippen LogP contribution in [0.3, 0.4) is 0 Å². The Bertz CT molecular complexity index is 1040. The molecule has 7 heteroatoms. The molecule has 2 heterocycles. The molecule has 1 aliphatic rings. The summed E-state index contributed by atoms with van der Waals surface area (Å²) in [6.45, 7) is 0.123. The average Bonchev–Trinajstić information content (AvgIpc) is 3.44. The summed E-state index contributed by atoms with van der Waals surface area (Å²) in [7, 11) is 0. The summed E-state index contributed by atoms with van der Waals surface area (Å²) >= 11 is 1.34. The first-order chi connectivity index (χ1) is 14.1. The predicted octanol–water partition coefficient (Wildman–Crippen LogP) is 3.69. The van der Waals surface area contributed by atoms with Crippen LogP contribution in [0.1, 0.15) is 22.5 Å². The Hall–Kier alpha value is -3.19. The van der Waals surface area contributed by atoms with Crippen LogP contribution in [0.25, 0.3) is 10.8 Å². The fraction of sp³-hybridized carbons (Fsp3) is 0.227. The molecule has 0 bridgehead atoms. The molecule has 0 saturated carbocycles. The third kappa shape index (κ3) is 4.14. The zero-order valence-corrected chi connectivity index (χ0v) is 16.5. The maximum absolute atomic E-state index is 12.6. The summed E-state index contributed by atoms with van der Waals surface area (Å²) in [6, 6.07) is 16.2. The van der Waals surface area contributed by atoms with Crippen LogP contribution >= 0.6 is 11.3 Å². The maximum atomic E-state index is 12.6. The first-order valence-corrected chi connectivity index (χ1v) is 10.3. The lowest BCUT2D eigenvalue weighted by Gasteiger charge is -2.22. The molecule has 0 spiro atoms. The average molecular weight is 408 g/mol. The zero-order chi connectivity index (χ0) is 20.2. The van der Waals surface area contributed by atoms with Crippen molar-refractivity contribution in [1.29, 1.82) is 0 Å². The van der Waals surface area contributed by atoms with Crippen molar-refractivity contribution in [2.45, 2.75) is 18.9 Å². The van der Waals surface area contributed by atoms with Gasteiger partial charge in [-0.15, -0.1) is 11.3 Å². The van der Waals surface area contributed by atoms with Crippen molar-refractivity contribution in [1.82, 2.24) is 4.90 Å². The van der Waals surface area contributed by atoms with Gasteiger partial charge in [-0.25, -0.2) is 4.79 Å². The predicted molar refractivity (Wildman–Crippen MR) is 112 cm³/mol. The number of benzene rings is 2. The Morgan fingerprint density at radius 2 is 1.90 bits per heavy atom. The first-order valence-electron chi connectivity index (χ1n) is 9.42. The standard InChI is InChI=1S/C22H20N2O4S/c25-20(23-17-9-3-7-15-6-1-2-8-16(15)17)14-28-22(27)18-10-4-12-24(18)21(26)19-11-5-13-29-19/h1-3,5-9,11,13,18H,4,10,12,14H2,(H,23,25)/t18-/m0/s1. The Labute approximate surface area is 172 Å². The highest BCUT2D eigenvalue weighted by Crippen LogP contribution is 2.24. The number of amides is 2. The van der Waals surface area contributed by atoms with Crippen LogP contribution < -0.4 is 5.32 Å². The zero-order valence-electron chi connectivity index (χ0n) is 15.7. The number of nitrogens with one attached hydrogen (secondary N) is 1. The van der Waals surface area contributed by atoms with Crippen LogP contribution in [0.2, 0.25) is 0 Å². The smallest absolute Gasteiger partial charge is 0.329 e. The van der Waals surface area contributed by atoms with Crippen molar-refractivity contribution >= 4 is 45.6 Å². The van der Waals surface area contributed by atoms with Crippen LogP contribution in [-0.4, -0.2) is 41.9 Å². The van der Waals surface area contributed by atoms with Gasteiger partial charge in [-0.2, -0.15) is 0 Å². The van der Waals surface area contributed by atoms with Crippen molar-refractivity contribution < 1.29 is 19.1 Å². The number of rotatable bonds is 5. The van der Waals surface area contributed by atoms with Gasteiger partial charge in [-0.05, 0) is 35.7 Å². The van der Waals surface area contributed by atoms with Crippen LogP contribution in [0.4, 0.5) is 5.69 Å². The molecule has 2 amide bonds. The second-order valence-corrected chi connectivity index (χ2v) is 7.76.